The number of amides is 1. The van der Waals surface area contributed by atoms with E-state index < -0.39 is 11.9 Å². The summed E-state index contributed by atoms with van der Waals surface area (Å²) in [5, 5.41) is 21.2. The second kappa shape index (κ2) is 6.28. The van der Waals surface area contributed by atoms with E-state index in [4.69, 9.17) is 5.11 Å². The van der Waals surface area contributed by atoms with Crippen LogP contribution in [0.2, 0.25) is 0 Å². The molecule has 0 saturated carbocycles. The second-order valence-corrected chi connectivity index (χ2v) is 5.89. The van der Waals surface area contributed by atoms with E-state index in [2.05, 4.69) is 37.2 Å². The van der Waals surface area contributed by atoms with Crippen LogP contribution in [-0.2, 0) is 0 Å². The predicted octanol–water partition coefficient (Wildman–Crippen LogP) is 3.87. The van der Waals surface area contributed by atoms with Crippen LogP contribution >= 0.6 is 31.9 Å². The molecule has 0 fully saturated rings. The number of rotatable bonds is 3. The molecule has 108 valence electrons. The Bertz CT molecular complexity index is 731. The molecule has 0 aliphatic rings. The van der Waals surface area contributed by atoms with Gasteiger partial charge in [0.2, 0.25) is 0 Å². The summed E-state index contributed by atoms with van der Waals surface area (Å²) in [4.78, 5) is 23.1. The van der Waals surface area contributed by atoms with Crippen LogP contribution in [0.5, 0.6) is 5.75 Å². The fourth-order valence-corrected chi connectivity index (χ4v) is 2.34. The van der Waals surface area contributed by atoms with E-state index in [1.54, 1.807) is 6.07 Å². The van der Waals surface area contributed by atoms with Gasteiger partial charge in [0.05, 0.1) is 16.8 Å². The van der Waals surface area contributed by atoms with Crippen molar-refractivity contribution in [2.75, 3.05) is 5.32 Å². The minimum atomic E-state index is -1.09. The Hall–Kier alpha value is -1.86. The summed E-state index contributed by atoms with van der Waals surface area (Å²) in [6, 6.07) is 8.74. The zero-order valence-electron chi connectivity index (χ0n) is 10.4. The summed E-state index contributed by atoms with van der Waals surface area (Å²) in [7, 11) is 0. The van der Waals surface area contributed by atoms with Crippen molar-refractivity contribution >= 4 is 49.4 Å². The van der Waals surface area contributed by atoms with Crippen LogP contribution in [0.15, 0.2) is 45.3 Å². The quantitative estimate of drug-likeness (QED) is 0.711. The zero-order chi connectivity index (χ0) is 15.6. The molecule has 21 heavy (non-hydrogen) atoms. The van der Waals surface area contributed by atoms with Crippen LogP contribution in [-0.4, -0.2) is 22.1 Å². The van der Waals surface area contributed by atoms with Gasteiger partial charge in [-0.05, 0) is 52.3 Å². The average molecular weight is 415 g/mol. The molecule has 0 bridgehead atoms. The van der Waals surface area contributed by atoms with Gasteiger partial charge in [-0.1, -0.05) is 15.9 Å². The van der Waals surface area contributed by atoms with E-state index in [1.165, 1.54) is 30.3 Å². The van der Waals surface area contributed by atoms with Crippen molar-refractivity contribution < 1.29 is 19.8 Å². The first-order valence-corrected chi connectivity index (χ1v) is 7.30. The molecular formula is C14H9Br2NO4. The second-order valence-electron chi connectivity index (χ2n) is 4.12. The number of carboxylic acid groups (broad SMARTS) is 1. The fraction of sp³-hybridized carbons (Fsp3) is 0. The smallest absolute Gasteiger partial charge is 0.335 e. The molecule has 7 heteroatoms. The number of anilines is 1. The van der Waals surface area contributed by atoms with Crippen molar-refractivity contribution in [2.24, 2.45) is 0 Å². The standard InChI is InChI=1S/C14H9Br2NO4/c15-8-2-4-12(18)9(6-8)13(19)17-11-5-7(14(20)21)1-3-10(11)16/h1-6,18H,(H,17,19)(H,20,21). The van der Waals surface area contributed by atoms with E-state index in [9.17, 15) is 14.7 Å². The van der Waals surface area contributed by atoms with Crippen LogP contribution in [0.25, 0.3) is 0 Å². The van der Waals surface area contributed by atoms with Gasteiger partial charge >= 0.3 is 5.97 Å². The Labute approximate surface area is 136 Å². The van der Waals surface area contributed by atoms with Crippen LogP contribution in [0.4, 0.5) is 5.69 Å². The highest BCUT2D eigenvalue weighted by Gasteiger charge is 2.14. The van der Waals surface area contributed by atoms with E-state index in [1.807, 2.05) is 0 Å². The van der Waals surface area contributed by atoms with Crippen molar-refractivity contribution in [1.82, 2.24) is 0 Å². The van der Waals surface area contributed by atoms with Crippen molar-refractivity contribution in [3.63, 3.8) is 0 Å². The summed E-state index contributed by atoms with van der Waals surface area (Å²) in [5.41, 5.74) is 0.434. The van der Waals surface area contributed by atoms with Crippen molar-refractivity contribution in [2.45, 2.75) is 0 Å². The Balaban J connectivity index is 2.33. The number of halogens is 2. The maximum Gasteiger partial charge on any atom is 0.335 e. The van der Waals surface area contributed by atoms with Crippen molar-refractivity contribution in [3.05, 3.63) is 56.5 Å². The molecule has 5 nitrogen and oxygen atoms in total. The SMILES string of the molecule is O=C(O)c1ccc(Br)c(NC(=O)c2cc(Br)ccc2O)c1. The molecule has 0 heterocycles. The summed E-state index contributed by atoms with van der Waals surface area (Å²) in [5.74, 6) is -1.80. The minimum Gasteiger partial charge on any atom is -0.507 e. The van der Waals surface area contributed by atoms with Gasteiger partial charge in [-0.3, -0.25) is 4.79 Å². The van der Waals surface area contributed by atoms with E-state index in [-0.39, 0.29) is 16.9 Å². The van der Waals surface area contributed by atoms with Crippen LogP contribution in [0.1, 0.15) is 20.7 Å². The molecule has 0 radical (unpaired) electrons. The Kier molecular flexibility index (Phi) is 4.64. The highest BCUT2D eigenvalue weighted by Crippen LogP contribution is 2.27. The van der Waals surface area contributed by atoms with Crippen LogP contribution < -0.4 is 5.32 Å². The molecule has 0 atom stereocenters. The van der Waals surface area contributed by atoms with E-state index >= 15 is 0 Å². The monoisotopic (exact) mass is 413 g/mol. The lowest BCUT2D eigenvalue weighted by Crippen LogP contribution is -2.13. The number of phenols is 1. The lowest BCUT2D eigenvalue weighted by atomic mass is 10.1. The van der Waals surface area contributed by atoms with Crippen molar-refractivity contribution in [1.29, 1.82) is 0 Å². The molecule has 2 rings (SSSR count). The fourth-order valence-electron chi connectivity index (χ4n) is 1.63. The Morgan fingerprint density at radius 1 is 1.05 bits per heavy atom. The van der Waals surface area contributed by atoms with Gasteiger partial charge in [-0.15, -0.1) is 0 Å². The molecule has 0 unspecified atom stereocenters. The molecule has 1 amide bonds. The lowest BCUT2D eigenvalue weighted by Gasteiger charge is -2.10. The van der Waals surface area contributed by atoms with Gasteiger partial charge in [0.15, 0.2) is 0 Å². The molecule has 0 aliphatic heterocycles. The number of phenolic OH excluding ortho intramolecular Hbond substituents is 1. The molecule has 0 saturated heterocycles. The molecule has 0 aromatic heterocycles. The third-order valence-corrected chi connectivity index (χ3v) is 3.85. The number of carbonyl (C=O) groups excluding carboxylic acids is 1. The van der Waals surface area contributed by atoms with E-state index in [0.717, 1.165) is 0 Å². The summed E-state index contributed by atoms with van der Waals surface area (Å²) < 4.78 is 1.18. The summed E-state index contributed by atoms with van der Waals surface area (Å²) in [6.07, 6.45) is 0. The molecule has 0 aliphatic carbocycles. The lowest BCUT2D eigenvalue weighted by molar-refractivity contribution is 0.0696. The molecule has 0 spiro atoms. The first-order chi connectivity index (χ1) is 9.88. The van der Waals surface area contributed by atoms with Gasteiger partial charge in [0.1, 0.15) is 5.75 Å². The number of carbonyl (C=O) groups is 2. The van der Waals surface area contributed by atoms with Gasteiger partial charge in [0.25, 0.3) is 5.91 Å². The zero-order valence-corrected chi connectivity index (χ0v) is 13.6. The third kappa shape index (κ3) is 3.62. The number of aromatic hydroxyl groups is 1. The van der Waals surface area contributed by atoms with Crippen LogP contribution in [0.3, 0.4) is 0 Å². The number of aromatic carboxylic acids is 1. The van der Waals surface area contributed by atoms with Gasteiger partial charge in [0, 0.05) is 8.95 Å². The number of hydrogen-bond acceptors (Lipinski definition) is 3. The Morgan fingerprint density at radius 2 is 1.76 bits per heavy atom. The first kappa shape index (κ1) is 15.5. The Morgan fingerprint density at radius 3 is 2.43 bits per heavy atom. The summed E-state index contributed by atoms with van der Waals surface area (Å²) in [6.45, 7) is 0. The van der Waals surface area contributed by atoms with E-state index in [0.29, 0.717) is 14.6 Å². The van der Waals surface area contributed by atoms with Gasteiger partial charge < -0.3 is 15.5 Å². The number of hydrogen-bond donors (Lipinski definition) is 3. The molecular weight excluding hydrogens is 406 g/mol. The highest BCUT2D eigenvalue weighted by atomic mass is 79.9. The first-order valence-electron chi connectivity index (χ1n) is 5.71. The predicted molar refractivity (Wildman–Crippen MR) is 84.9 cm³/mol. The third-order valence-electron chi connectivity index (χ3n) is 2.66. The molecule has 3 N–H and O–H groups in total. The maximum atomic E-state index is 12.2. The largest absolute Gasteiger partial charge is 0.507 e. The van der Waals surface area contributed by atoms with Crippen molar-refractivity contribution in [3.8, 4) is 5.75 Å². The average Bonchev–Trinajstić information content (AvgIpc) is 2.43. The number of carboxylic acids is 1. The normalized spacial score (nSPS) is 10.2. The molecule has 2 aromatic carbocycles. The van der Waals surface area contributed by atoms with Gasteiger partial charge in [-0.2, -0.15) is 0 Å². The number of benzene rings is 2. The molecule has 2 aromatic rings. The minimum absolute atomic E-state index is 0.0481. The number of nitrogens with one attached hydrogen (secondary N) is 1. The maximum absolute atomic E-state index is 12.2. The van der Waals surface area contributed by atoms with Gasteiger partial charge in [-0.25, -0.2) is 4.79 Å². The van der Waals surface area contributed by atoms with Crippen LogP contribution in [0, 0.1) is 0 Å². The topological polar surface area (TPSA) is 86.6 Å². The summed E-state index contributed by atoms with van der Waals surface area (Å²) >= 11 is 6.45. The highest BCUT2D eigenvalue weighted by molar-refractivity contribution is 9.10.